The molecule has 1 aliphatic carbocycles. The van der Waals surface area contributed by atoms with E-state index >= 15 is 0 Å². The molecular formula is C21H25N5O. The SMILES string of the molecule is Cn1ccnc1[C@@H]1CN(C(=O)C2(c3ccc(C#N)cc3)CCCC2)C[C@H]1N. The van der Waals surface area contributed by atoms with Crippen LogP contribution in [-0.4, -0.2) is 39.5 Å². The number of amides is 1. The number of carbonyl (C=O) groups excluding carboxylic acids is 1. The van der Waals surface area contributed by atoms with Crippen LogP contribution in [0.4, 0.5) is 0 Å². The molecule has 1 saturated heterocycles. The molecule has 6 heteroatoms. The van der Waals surface area contributed by atoms with Crippen LogP contribution in [0.25, 0.3) is 0 Å². The van der Waals surface area contributed by atoms with E-state index in [1.165, 1.54) is 0 Å². The van der Waals surface area contributed by atoms with Gasteiger partial charge in [-0.15, -0.1) is 0 Å². The van der Waals surface area contributed by atoms with E-state index in [4.69, 9.17) is 11.0 Å². The van der Waals surface area contributed by atoms with Gasteiger partial charge < -0.3 is 15.2 Å². The molecule has 1 aromatic carbocycles. The number of nitrogens with two attached hydrogens (primary N) is 1. The van der Waals surface area contributed by atoms with Crippen LogP contribution in [0.15, 0.2) is 36.7 Å². The number of benzene rings is 1. The molecule has 1 amide bonds. The van der Waals surface area contributed by atoms with E-state index in [9.17, 15) is 4.79 Å². The van der Waals surface area contributed by atoms with E-state index in [0.29, 0.717) is 18.7 Å². The summed E-state index contributed by atoms with van der Waals surface area (Å²) in [5.41, 5.74) is 7.57. The van der Waals surface area contributed by atoms with Crippen molar-refractivity contribution < 1.29 is 4.79 Å². The molecule has 0 radical (unpaired) electrons. The third kappa shape index (κ3) is 2.92. The molecule has 0 spiro atoms. The van der Waals surface area contributed by atoms with E-state index < -0.39 is 5.41 Å². The molecule has 6 nitrogen and oxygen atoms in total. The number of hydrogen-bond donors (Lipinski definition) is 1. The smallest absolute Gasteiger partial charge is 0.233 e. The standard InChI is InChI=1S/C21H25N5O/c1-25-11-10-24-19(25)17-13-26(14-18(17)23)20(27)21(8-2-3-9-21)16-6-4-15(12-22)5-7-16/h4-7,10-11,17-18H,2-3,8-9,13-14,23H2,1H3/t17-,18-/m1/s1. The Bertz CT molecular complexity index is 873. The fourth-order valence-corrected chi connectivity index (χ4v) is 4.77. The number of aromatic nitrogens is 2. The summed E-state index contributed by atoms with van der Waals surface area (Å²) in [6, 6.07) is 9.58. The summed E-state index contributed by atoms with van der Waals surface area (Å²) < 4.78 is 1.99. The lowest BCUT2D eigenvalue weighted by atomic mass is 9.77. The molecule has 4 rings (SSSR count). The fraction of sp³-hybridized carbons (Fsp3) is 0.476. The third-order valence-corrected chi connectivity index (χ3v) is 6.28. The average molecular weight is 363 g/mol. The minimum absolute atomic E-state index is 0.0633. The van der Waals surface area contributed by atoms with Crippen molar-refractivity contribution in [2.45, 2.75) is 43.1 Å². The number of imidazole rings is 1. The van der Waals surface area contributed by atoms with Gasteiger partial charge in [-0.05, 0) is 30.5 Å². The van der Waals surface area contributed by atoms with E-state index in [1.54, 1.807) is 6.20 Å². The topological polar surface area (TPSA) is 87.9 Å². The molecule has 2 fully saturated rings. The molecule has 1 aliphatic heterocycles. The van der Waals surface area contributed by atoms with Gasteiger partial charge in [0.25, 0.3) is 0 Å². The average Bonchev–Trinajstić information content (AvgIpc) is 3.41. The monoisotopic (exact) mass is 363 g/mol. The number of nitrogens with zero attached hydrogens (tertiary/aromatic N) is 4. The Morgan fingerprint density at radius 2 is 1.96 bits per heavy atom. The molecule has 0 unspecified atom stereocenters. The lowest BCUT2D eigenvalue weighted by Crippen LogP contribution is -2.45. The Balaban J connectivity index is 1.61. The highest BCUT2D eigenvalue weighted by molar-refractivity contribution is 5.89. The normalized spacial score (nSPS) is 24.1. The zero-order valence-corrected chi connectivity index (χ0v) is 15.6. The zero-order chi connectivity index (χ0) is 19.0. The summed E-state index contributed by atoms with van der Waals surface area (Å²) in [6.45, 7) is 1.18. The van der Waals surface area contributed by atoms with Gasteiger partial charge in [-0.1, -0.05) is 25.0 Å². The van der Waals surface area contributed by atoms with Gasteiger partial charge in [0.05, 0.1) is 23.0 Å². The maximum atomic E-state index is 13.6. The van der Waals surface area contributed by atoms with Crippen molar-refractivity contribution in [3.63, 3.8) is 0 Å². The highest BCUT2D eigenvalue weighted by Crippen LogP contribution is 2.44. The summed E-state index contributed by atoms with van der Waals surface area (Å²) >= 11 is 0. The fourth-order valence-electron chi connectivity index (χ4n) is 4.77. The Morgan fingerprint density at radius 3 is 2.56 bits per heavy atom. The first-order chi connectivity index (χ1) is 13.0. The highest BCUT2D eigenvalue weighted by Gasteiger charge is 2.48. The lowest BCUT2D eigenvalue weighted by Gasteiger charge is -2.33. The van der Waals surface area contributed by atoms with Crippen molar-refractivity contribution in [2.24, 2.45) is 12.8 Å². The van der Waals surface area contributed by atoms with Gasteiger partial charge in [0.2, 0.25) is 5.91 Å². The molecule has 1 saturated carbocycles. The van der Waals surface area contributed by atoms with E-state index in [2.05, 4.69) is 11.1 Å². The van der Waals surface area contributed by atoms with Crippen LogP contribution in [0.3, 0.4) is 0 Å². The van der Waals surface area contributed by atoms with Crippen LogP contribution < -0.4 is 5.73 Å². The predicted octanol–water partition coefficient (Wildman–Crippen LogP) is 2.06. The van der Waals surface area contributed by atoms with Crippen molar-refractivity contribution in [3.8, 4) is 6.07 Å². The highest BCUT2D eigenvalue weighted by atomic mass is 16.2. The molecule has 1 aromatic heterocycles. The van der Waals surface area contributed by atoms with Gasteiger partial charge in [-0.25, -0.2) is 4.98 Å². The quantitative estimate of drug-likeness (QED) is 0.904. The van der Waals surface area contributed by atoms with Gasteiger partial charge in [-0.2, -0.15) is 5.26 Å². The van der Waals surface area contributed by atoms with Crippen LogP contribution in [0, 0.1) is 11.3 Å². The number of carbonyl (C=O) groups is 1. The Morgan fingerprint density at radius 1 is 1.26 bits per heavy atom. The number of likely N-dealkylation sites (tertiary alicyclic amines) is 1. The van der Waals surface area contributed by atoms with E-state index in [1.807, 2.05) is 47.0 Å². The molecule has 2 aromatic rings. The zero-order valence-electron chi connectivity index (χ0n) is 15.6. The van der Waals surface area contributed by atoms with Gasteiger partial charge in [0.15, 0.2) is 0 Å². The first kappa shape index (κ1) is 17.7. The maximum Gasteiger partial charge on any atom is 0.233 e. The molecule has 140 valence electrons. The van der Waals surface area contributed by atoms with Crippen LogP contribution in [0.2, 0.25) is 0 Å². The summed E-state index contributed by atoms with van der Waals surface area (Å²) in [5, 5.41) is 9.06. The number of rotatable bonds is 3. The van der Waals surface area contributed by atoms with Crippen LogP contribution in [0.1, 0.15) is 48.6 Å². The van der Waals surface area contributed by atoms with Crippen molar-refractivity contribution in [1.29, 1.82) is 5.26 Å². The second kappa shape index (κ2) is 6.82. The Labute approximate surface area is 159 Å². The van der Waals surface area contributed by atoms with Gasteiger partial charge in [0.1, 0.15) is 5.82 Å². The summed E-state index contributed by atoms with van der Waals surface area (Å²) in [5.74, 6) is 1.18. The largest absolute Gasteiger partial charge is 0.340 e. The van der Waals surface area contributed by atoms with Crippen molar-refractivity contribution >= 4 is 5.91 Å². The van der Waals surface area contributed by atoms with Crippen LogP contribution >= 0.6 is 0 Å². The Kier molecular flexibility index (Phi) is 4.48. The molecular weight excluding hydrogens is 338 g/mol. The lowest BCUT2D eigenvalue weighted by molar-refractivity contribution is -0.136. The van der Waals surface area contributed by atoms with Crippen LogP contribution in [0.5, 0.6) is 0 Å². The van der Waals surface area contributed by atoms with Crippen molar-refractivity contribution in [2.75, 3.05) is 13.1 Å². The molecule has 2 N–H and O–H groups in total. The molecule has 27 heavy (non-hydrogen) atoms. The number of nitriles is 1. The van der Waals surface area contributed by atoms with Gasteiger partial charge in [0, 0.05) is 38.6 Å². The maximum absolute atomic E-state index is 13.6. The second-order valence-corrected chi connectivity index (χ2v) is 7.86. The summed E-state index contributed by atoms with van der Waals surface area (Å²) in [6.07, 6.45) is 7.51. The number of aryl methyl sites for hydroxylation is 1. The van der Waals surface area contributed by atoms with Gasteiger partial charge >= 0.3 is 0 Å². The van der Waals surface area contributed by atoms with Crippen LogP contribution in [-0.2, 0) is 17.3 Å². The van der Waals surface area contributed by atoms with E-state index in [0.717, 1.165) is 37.1 Å². The van der Waals surface area contributed by atoms with E-state index in [-0.39, 0.29) is 17.9 Å². The first-order valence-electron chi connectivity index (χ1n) is 9.58. The minimum Gasteiger partial charge on any atom is -0.340 e. The third-order valence-electron chi connectivity index (χ3n) is 6.28. The van der Waals surface area contributed by atoms with Crippen molar-refractivity contribution in [3.05, 3.63) is 53.6 Å². The summed E-state index contributed by atoms with van der Waals surface area (Å²) in [4.78, 5) is 20.0. The summed E-state index contributed by atoms with van der Waals surface area (Å²) in [7, 11) is 1.97. The Hall–Kier alpha value is -2.65. The van der Waals surface area contributed by atoms with Crippen molar-refractivity contribution in [1.82, 2.24) is 14.5 Å². The molecule has 2 aliphatic rings. The number of hydrogen-bond acceptors (Lipinski definition) is 4. The minimum atomic E-state index is -0.482. The molecule has 0 bridgehead atoms. The predicted molar refractivity (Wildman–Crippen MR) is 102 cm³/mol. The molecule has 2 atom stereocenters. The molecule has 2 heterocycles. The second-order valence-electron chi connectivity index (χ2n) is 7.86. The van der Waals surface area contributed by atoms with Gasteiger partial charge in [-0.3, -0.25) is 4.79 Å². The first-order valence-corrected chi connectivity index (χ1v) is 9.58.